The van der Waals surface area contributed by atoms with Gasteiger partial charge in [0.05, 0.1) is 17.9 Å². The summed E-state index contributed by atoms with van der Waals surface area (Å²) < 4.78 is 14.9. The Morgan fingerprint density at radius 2 is 1.77 bits per heavy atom. The summed E-state index contributed by atoms with van der Waals surface area (Å²) in [5.74, 6) is -0.673. The van der Waals surface area contributed by atoms with Gasteiger partial charge in [-0.1, -0.05) is 12.1 Å². The molecule has 0 aliphatic rings. The summed E-state index contributed by atoms with van der Waals surface area (Å²) in [6.45, 7) is 5.23. The fourth-order valence-corrected chi connectivity index (χ4v) is 3.08. The minimum Gasteiger partial charge on any atom is -0.346 e. The van der Waals surface area contributed by atoms with Crippen molar-refractivity contribution in [3.8, 4) is 5.69 Å². The van der Waals surface area contributed by atoms with Crippen LogP contribution in [0.2, 0.25) is 0 Å². The van der Waals surface area contributed by atoms with Crippen LogP contribution in [-0.2, 0) is 9.59 Å². The van der Waals surface area contributed by atoms with Gasteiger partial charge >= 0.3 is 0 Å². The summed E-state index contributed by atoms with van der Waals surface area (Å²) in [7, 11) is 0. The van der Waals surface area contributed by atoms with Gasteiger partial charge in [-0.05, 0) is 61.9 Å². The first kappa shape index (κ1) is 21.0. The van der Waals surface area contributed by atoms with Gasteiger partial charge in [0.2, 0.25) is 11.8 Å². The van der Waals surface area contributed by atoms with Crippen LogP contribution >= 0.6 is 0 Å². The quantitative estimate of drug-likeness (QED) is 0.604. The van der Waals surface area contributed by atoms with Crippen molar-refractivity contribution in [1.29, 1.82) is 0 Å². The Labute approximate surface area is 174 Å². The van der Waals surface area contributed by atoms with E-state index < -0.39 is 0 Å². The zero-order chi connectivity index (χ0) is 21.7. The van der Waals surface area contributed by atoms with Crippen molar-refractivity contribution in [2.24, 2.45) is 0 Å². The molecule has 0 radical (unpaired) electrons. The molecule has 3 aromatic rings. The summed E-state index contributed by atoms with van der Waals surface area (Å²) in [6.07, 6.45) is 4.87. The van der Waals surface area contributed by atoms with E-state index in [-0.39, 0.29) is 23.7 Å². The van der Waals surface area contributed by atoms with Gasteiger partial charge < -0.3 is 10.6 Å². The lowest BCUT2D eigenvalue weighted by atomic mass is 10.1. The standard InChI is InChI=1S/C23H23FN4O2/c1-15(22-14-25-28(16(22)2)21-11-7-19(24)8-12-21)26-23(30)13-6-18-4-9-20(10-5-18)27-17(3)29/h4-15H,1-3H3,(H,26,30)(H,27,29)/b13-6+. The number of hydrogen-bond acceptors (Lipinski definition) is 3. The molecule has 0 spiro atoms. The van der Waals surface area contributed by atoms with E-state index in [1.807, 2.05) is 26.0 Å². The van der Waals surface area contributed by atoms with Crippen molar-refractivity contribution in [3.63, 3.8) is 0 Å². The summed E-state index contributed by atoms with van der Waals surface area (Å²) in [6, 6.07) is 13.0. The average Bonchev–Trinajstić information content (AvgIpc) is 3.09. The molecule has 0 bridgehead atoms. The molecule has 1 atom stereocenters. The number of nitrogens with zero attached hydrogens (tertiary/aromatic N) is 2. The zero-order valence-corrected chi connectivity index (χ0v) is 17.0. The maximum Gasteiger partial charge on any atom is 0.244 e. The van der Waals surface area contributed by atoms with Gasteiger partial charge in [-0.25, -0.2) is 9.07 Å². The monoisotopic (exact) mass is 406 g/mol. The SMILES string of the molecule is CC(=O)Nc1ccc(/C=C/C(=O)NC(C)c2cnn(-c3ccc(F)cc3)c2C)cc1. The van der Waals surface area contributed by atoms with Crippen molar-refractivity contribution in [2.75, 3.05) is 5.32 Å². The molecular formula is C23H23FN4O2. The molecule has 0 fully saturated rings. The van der Waals surface area contributed by atoms with E-state index in [9.17, 15) is 14.0 Å². The number of anilines is 1. The number of rotatable bonds is 6. The second kappa shape index (κ2) is 9.17. The molecule has 0 aliphatic heterocycles. The summed E-state index contributed by atoms with van der Waals surface area (Å²) >= 11 is 0. The molecule has 2 aromatic carbocycles. The maximum absolute atomic E-state index is 13.1. The fourth-order valence-electron chi connectivity index (χ4n) is 3.08. The molecule has 0 saturated heterocycles. The number of carbonyl (C=O) groups is 2. The van der Waals surface area contributed by atoms with Crippen LogP contribution in [0.4, 0.5) is 10.1 Å². The molecular weight excluding hydrogens is 383 g/mol. The lowest BCUT2D eigenvalue weighted by Crippen LogP contribution is -2.25. The van der Waals surface area contributed by atoms with Crippen LogP contribution in [0.1, 0.15) is 36.7 Å². The van der Waals surface area contributed by atoms with Crippen molar-refractivity contribution >= 4 is 23.6 Å². The molecule has 2 amide bonds. The van der Waals surface area contributed by atoms with Crippen molar-refractivity contribution in [3.05, 3.63) is 83.4 Å². The molecule has 0 aliphatic carbocycles. The Kier molecular flexibility index (Phi) is 6.41. The van der Waals surface area contributed by atoms with Gasteiger partial charge in [0, 0.05) is 29.9 Å². The van der Waals surface area contributed by atoms with Gasteiger partial charge in [-0.2, -0.15) is 5.10 Å². The molecule has 154 valence electrons. The first-order chi connectivity index (χ1) is 14.3. The minimum atomic E-state index is -0.305. The smallest absolute Gasteiger partial charge is 0.244 e. The summed E-state index contributed by atoms with van der Waals surface area (Å²) in [4.78, 5) is 23.4. The average molecular weight is 406 g/mol. The normalized spacial score (nSPS) is 12.0. The predicted octanol–water partition coefficient (Wildman–Crippen LogP) is 4.17. The highest BCUT2D eigenvalue weighted by Crippen LogP contribution is 2.20. The highest BCUT2D eigenvalue weighted by atomic mass is 19.1. The topological polar surface area (TPSA) is 76.0 Å². The second-order valence-electron chi connectivity index (χ2n) is 6.94. The lowest BCUT2D eigenvalue weighted by Gasteiger charge is -2.13. The van der Waals surface area contributed by atoms with E-state index in [1.165, 1.54) is 25.1 Å². The summed E-state index contributed by atoms with van der Waals surface area (Å²) in [5.41, 5.74) is 4.03. The third-order valence-corrected chi connectivity index (χ3v) is 4.60. The van der Waals surface area contributed by atoms with Gasteiger partial charge in [0.15, 0.2) is 0 Å². The Bertz CT molecular complexity index is 1070. The molecule has 2 N–H and O–H groups in total. The zero-order valence-electron chi connectivity index (χ0n) is 17.0. The largest absolute Gasteiger partial charge is 0.346 e. The third-order valence-electron chi connectivity index (χ3n) is 4.60. The van der Waals surface area contributed by atoms with Gasteiger partial charge in [-0.15, -0.1) is 0 Å². The van der Waals surface area contributed by atoms with Gasteiger partial charge in [0.25, 0.3) is 0 Å². The number of benzene rings is 2. The summed E-state index contributed by atoms with van der Waals surface area (Å²) in [5, 5.41) is 9.98. The van der Waals surface area contributed by atoms with Crippen LogP contribution in [0.3, 0.4) is 0 Å². The van der Waals surface area contributed by atoms with Crippen molar-refractivity contribution in [2.45, 2.75) is 26.8 Å². The second-order valence-corrected chi connectivity index (χ2v) is 6.94. The van der Waals surface area contributed by atoms with E-state index in [0.29, 0.717) is 5.69 Å². The molecule has 6 nitrogen and oxygen atoms in total. The Morgan fingerprint density at radius 1 is 1.10 bits per heavy atom. The van der Waals surface area contributed by atoms with E-state index in [1.54, 1.807) is 41.2 Å². The number of amides is 2. The van der Waals surface area contributed by atoms with Crippen LogP contribution in [0, 0.1) is 12.7 Å². The van der Waals surface area contributed by atoms with Crippen molar-refractivity contribution in [1.82, 2.24) is 15.1 Å². The highest BCUT2D eigenvalue weighted by molar-refractivity contribution is 5.92. The molecule has 0 saturated carbocycles. The molecule has 1 heterocycles. The van der Waals surface area contributed by atoms with Crippen molar-refractivity contribution < 1.29 is 14.0 Å². The van der Waals surface area contributed by atoms with E-state index >= 15 is 0 Å². The van der Waals surface area contributed by atoms with Crippen LogP contribution in [0.5, 0.6) is 0 Å². The maximum atomic E-state index is 13.1. The van der Waals surface area contributed by atoms with Gasteiger partial charge in [-0.3, -0.25) is 9.59 Å². The Balaban J connectivity index is 1.63. The van der Waals surface area contributed by atoms with Crippen LogP contribution in [0.15, 0.2) is 60.8 Å². The Hall–Kier alpha value is -3.74. The number of halogens is 1. The molecule has 3 rings (SSSR count). The van der Waals surface area contributed by atoms with Crippen LogP contribution in [-0.4, -0.2) is 21.6 Å². The predicted molar refractivity (Wildman–Crippen MR) is 115 cm³/mol. The minimum absolute atomic E-state index is 0.135. The fraction of sp³-hybridized carbons (Fsp3) is 0.174. The van der Waals surface area contributed by atoms with Gasteiger partial charge in [0.1, 0.15) is 5.82 Å². The molecule has 7 heteroatoms. The molecule has 30 heavy (non-hydrogen) atoms. The van der Waals surface area contributed by atoms with Crippen LogP contribution < -0.4 is 10.6 Å². The molecule has 1 aromatic heterocycles. The Morgan fingerprint density at radius 3 is 2.40 bits per heavy atom. The first-order valence-electron chi connectivity index (χ1n) is 9.50. The first-order valence-corrected chi connectivity index (χ1v) is 9.50. The number of carbonyl (C=O) groups excluding carboxylic acids is 2. The number of hydrogen-bond donors (Lipinski definition) is 2. The van der Waals surface area contributed by atoms with E-state index in [0.717, 1.165) is 22.5 Å². The van der Waals surface area contributed by atoms with E-state index in [2.05, 4.69) is 15.7 Å². The number of nitrogens with one attached hydrogen (secondary N) is 2. The van der Waals surface area contributed by atoms with Crippen LogP contribution in [0.25, 0.3) is 11.8 Å². The lowest BCUT2D eigenvalue weighted by molar-refractivity contribution is -0.117. The molecule has 1 unspecified atom stereocenters. The third kappa shape index (κ3) is 5.20. The number of aromatic nitrogens is 2. The highest BCUT2D eigenvalue weighted by Gasteiger charge is 2.15. The van der Waals surface area contributed by atoms with E-state index in [4.69, 9.17) is 0 Å².